The van der Waals surface area contributed by atoms with Crippen LogP contribution in [0, 0.1) is 12.3 Å². The summed E-state index contributed by atoms with van der Waals surface area (Å²) in [5.74, 6) is 4.86. The number of carbonyl (C=O) groups excluding carboxylic acids is 8. The molecule has 29 heteroatoms. The number of urea groups is 3. The van der Waals surface area contributed by atoms with Gasteiger partial charge in [0.1, 0.15) is 30.0 Å². The molecule has 110 heavy (non-hydrogen) atoms. The predicted molar refractivity (Wildman–Crippen MR) is 443 cm³/mol. The summed E-state index contributed by atoms with van der Waals surface area (Å²) in [4.78, 5) is 94.7. The highest BCUT2D eigenvalue weighted by Gasteiger charge is 2.45. The summed E-state index contributed by atoms with van der Waals surface area (Å²) in [7, 11) is 0.284. The molecule has 6 aliphatic rings. The first-order valence-electron chi connectivity index (χ1n) is 39.6. The molecule has 6 saturated heterocycles. The van der Waals surface area contributed by atoms with Gasteiger partial charge in [0.05, 0.1) is 59.0 Å². The number of sulfonamides is 1. The van der Waals surface area contributed by atoms with Crippen molar-refractivity contribution < 1.29 is 75.2 Å². The largest absolute Gasteiger partial charge is 0.463 e. The van der Waals surface area contributed by atoms with Crippen molar-refractivity contribution in [1.82, 2.24) is 41.9 Å². The normalized spacial score (nSPS) is 21.0. The number of fused-ring (bicyclic) bond motifs is 4. The molecule has 2 aromatic rings. The molecule has 9 atom stereocenters. The first-order valence-corrected chi connectivity index (χ1v) is 44.2. The van der Waals surface area contributed by atoms with Crippen molar-refractivity contribution in [2.24, 2.45) is 0 Å². The molecule has 6 fully saturated rings. The Morgan fingerprint density at radius 2 is 0.855 bits per heavy atom. The third-order valence-electron chi connectivity index (χ3n) is 17.8. The Balaban J connectivity index is 0.000000302. The molecule has 8 N–H and O–H groups in total. The Kier molecular flexibility index (Phi) is 41.8. The number of carbonyl (C=O) groups is 8. The molecule has 0 aliphatic carbocycles. The van der Waals surface area contributed by atoms with Gasteiger partial charge < -0.3 is 70.5 Å². The molecule has 8 rings (SSSR count). The summed E-state index contributed by atoms with van der Waals surface area (Å²) in [5.41, 5.74) is -0.575. The summed E-state index contributed by atoms with van der Waals surface area (Å²) in [5, 5.41) is 23.8. The SMILES string of the molecule is C#CCOC(C)(C)C.CC(C)(C)OC(=O)CCCCC1SCC2NC(=O)NC21.CC(C)(C)OC(=O)CCCCCCNC(=O)CCCCC1SCC2NC(=O)NC21.CC(C)(C)OCCOC(=O)CCCCC1SCC2NC(=O)NC21.CN(C)c1cccc2c(S(=O)(=O)NCCCCCCC(=O)OC(C)(C)C)cccc12. The Morgan fingerprint density at radius 1 is 0.473 bits per heavy atom. The minimum absolute atomic E-state index is 0.0425. The fourth-order valence-electron chi connectivity index (χ4n) is 12.8. The van der Waals surface area contributed by atoms with Crippen LogP contribution in [-0.2, 0) is 62.4 Å². The van der Waals surface area contributed by atoms with Crippen LogP contribution in [0.2, 0.25) is 0 Å². The van der Waals surface area contributed by atoms with Crippen LogP contribution in [0.3, 0.4) is 0 Å². The van der Waals surface area contributed by atoms with Crippen LogP contribution >= 0.6 is 35.3 Å². The van der Waals surface area contributed by atoms with E-state index in [4.69, 9.17) is 34.8 Å². The van der Waals surface area contributed by atoms with Crippen molar-refractivity contribution in [3.8, 4) is 12.3 Å². The zero-order chi connectivity index (χ0) is 81.9. The van der Waals surface area contributed by atoms with E-state index < -0.39 is 26.8 Å². The molecule has 0 saturated carbocycles. The van der Waals surface area contributed by atoms with E-state index in [1.54, 1.807) is 12.1 Å². The van der Waals surface area contributed by atoms with Gasteiger partial charge in [-0.1, -0.05) is 75.1 Å². The van der Waals surface area contributed by atoms with Crippen molar-refractivity contribution in [1.29, 1.82) is 0 Å². The van der Waals surface area contributed by atoms with Gasteiger partial charge in [-0.15, -0.1) is 6.42 Å². The van der Waals surface area contributed by atoms with Crippen LogP contribution in [0.25, 0.3) is 10.8 Å². The van der Waals surface area contributed by atoms with Crippen molar-refractivity contribution in [2.45, 2.75) is 330 Å². The van der Waals surface area contributed by atoms with Gasteiger partial charge in [-0.05, 0) is 180 Å². The average molecular weight is 1620 g/mol. The fraction of sp³-hybridized carbons (Fsp3) is 0.753. The number of rotatable bonds is 36. The smallest absolute Gasteiger partial charge is 0.315 e. The summed E-state index contributed by atoms with van der Waals surface area (Å²) in [6.07, 6.45) is 22.9. The Morgan fingerprint density at radius 3 is 1.25 bits per heavy atom. The van der Waals surface area contributed by atoms with Gasteiger partial charge in [0, 0.05) is 109 Å². The number of ether oxygens (including phenoxy) is 6. The number of terminal acetylenes is 1. The minimum atomic E-state index is -3.60. The summed E-state index contributed by atoms with van der Waals surface area (Å²) in [6.45, 7) is 30.9. The van der Waals surface area contributed by atoms with E-state index in [-0.39, 0.29) is 95.3 Å². The Hall–Kier alpha value is -5.90. The second kappa shape index (κ2) is 47.7. The van der Waals surface area contributed by atoms with Crippen LogP contribution < -0.4 is 46.8 Å². The van der Waals surface area contributed by atoms with E-state index in [1.165, 1.54) is 0 Å². The topological polar surface area (TPSA) is 326 Å². The van der Waals surface area contributed by atoms with Gasteiger partial charge in [0.2, 0.25) is 15.9 Å². The minimum Gasteiger partial charge on any atom is -0.463 e. The molecule has 624 valence electrons. The van der Waals surface area contributed by atoms with Gasteiger partial charge in [-0.25, -0.2) is 27.5 Å². The van der Waals surface area contributed by atoms with Gasteiger partial charge in [0.25, 0.3) is 0 Å². The van der Waals surface area contributed by atoms with Gasteiger partial charge in [-0.2, -0.15) is 35.3 Å². The standard InChI is InChI=1S/C23H34N2O4S.C21H37N3O4S.C16H28N2O4S.C14H24N2O3S.C7H12O/c1-23(2,3)29-22(26)16-8-6-7-9-17-24-30(27,28)21-15-11-12-18-19(21)13-10-14-20(18)25(4)5;1-21(2,3)28-18(26)12-6-4-5-9-13-22-17(25)11-8-7-10-16-19-15(14-29-16)23-20(27)24-19;1-16(2,3)22-9-8-21-13(19)7-5-4-6-12-14-11(10-23-12)17-15(20)18-14;1-14(2,3)19-11(17)7-5-4-6-10-12-9(8-20-10)15-13(18)16-12;1-5-6-8-7(2,3)4/h10-15,24H,6-9,16-17H2,1-5H3;15-16,19H,4-14H2,1-3H3,(H,22,25)(H2,23,24,27);11-12,14H,4-10H2,1-3H3,(H2,17,18,20);9-10,12H,4-8H2,1-3H3,(H2,15,16,18);1H,6H2,2-4H3. The lowest BCUT2D eigenvalue weighted by molar-refractivity contribution is -0.156. The molecule has 0 spiro atoms. The van der Waals surface area contributed by atoms with Gasteiger partial charge in [0.15, 0.2) is 0 Å². The quantitative estimate of drug-likeness (QED) is 0.0103. The molecular weight excluding hydrogens is 1480 g/mol. The van der Waals surface area contributed by atoms with Crippen molar-refractivity contribution >= 4 is 110 Å². The molecule has 2 aromatic carbocycles. The molecule has 25 nitrogen and oxygen atoms in total. The van der Waals surface area contributed by atoms with E-state index in [0.29, 0.717) is 91.0 Å². The van der Waals surface area contributed by atoms with Crippen molar-refractivity contribution in [3.63, 3.8) is 0 Å². The number of nitrogens with one attached hydrogen (secondary N) is 8. The van der Waals surface area contributed by atoms with Crippen LogP contribution in [-0.4, -0.2) is 201 Å². The first-order chi connectivity index (χ1) is 51.5. The molecule has 9 unspecified atom stereocenters. The fourth-order valence-corrected chi connectivity index (χ4v) is 18.7. The van der Waals surface area contributed by atoms with Crippen LogP contribution in [0.4, 0.5) is 20.1 Å². The molecule has 6 aliphatic heterocycles. The number of esters is 4. The lowest BCUT2D eigenvalue weighted by Gasteiger charge is -2.20. The zero-order valence-corrected chi connectivity index (χ0v) is 72.3. The monoisotopic (exact) mass is 1620 g/mol. The maximum atomic E-state index is 12.9. The van der Waals surface area contributed by atoms with E-state index in [2.05, 4.69) is 47.9 Å². The zero-order valence-electron chi connectivity index (χ0n) is 69.1. The maximum absolute atomic E-state index is 12.9. The van der Waals surface area contributed by atoms with Crippen molar-refractivity contribution in [2.75, 3.05) is 69.2 Å². The Bertz CT molecular complexity index is 3360. The van der Waals surface area contributed by atoms with E-state index >= 15 is 0 Å². The number of unbranched alkanes of at least 4 members (excludes halogenated alkanes) is 9. The highest BCUT2D eigenvalue weighted by atomic mass is 32.2. The average Bonchev–Trinajstić information content (AvgIpc) is 1.32. The lowest BCUT2D eigenvalue weighted by Crippen LogP contribution is -2.36. The number of hydrogen-bond donors (Lipinski definition) is 8. The highest BCUT2D eigenvalue weighted by molar-refractivity contribution is 8.00. The summed E-state index contributed by atoms with van der Waals surface area (Å²) in [6, 6.07) is 12.5. The number of hydrogen-bond acceptors (Lipinski definition) is 20. The lowest BCUT2D eigenvalue weighted by atomic mass is 10.0. The number of amides is 7. The molecule has 0 aromatic heterocycles. The van der Waals surface area contributed by atoms with E-state index in [1.807, 2.05) is 182 Å². The second-order valence-corrected chi connectivity index (χ2v) is 39.3. The Labute approximate surface area is 670 Å². The molecule has 6 heterocycles. The van der Waals surface area contributed by atoms with Gasteiger partial charge in [-0.3, -0.25) is 24.0 Å². The van der Waals surface area contributed by atoms with Crippen LogP contribution in [0.15, 0.2) is 41.3 Å². The van der Waals surface area contributed by atoms with Crippen molar-refractivity contribution in [3.05, 3.63) is 36.4 Å². The number of anilines is 1. The molecule has 7 amide bonds. The van der Waals surface area contributed by atoms with E-state index in [9.17, 15) is 46.8 Å². The first kappa shape index (κ1) is 96.5. The number of benzene rings is 2. The maximum Gasteiger partial charge on any atom is 0.315 e. The summed E-state index contributed by atoms with van der Waals surface area (Å²) >= 11 is 5.73. The van der Waals surface area contributed by atoms with Crippen LogP contribution in [0.1, 0.15) is 245 Å². The highest BCUT2D eigenvalue weighted by Crippen LogP contribution is 2.36. The third-order valence-corrected chi connectivity index (χ3v) is 23.8. The second-order valence-electron chi connectivity index (χ2n) is 33.7. The van der Waals surface area contributed by atoms with Gasteiger partial charge >= 0.3 is 42.0 Å². The number of thioether (sulfide) groups is 3. The molecule has 0 bridgehead atoms. The third kappa shape index (κ3) is 40.2. The van der Waals surface area contributed by atoms with Crippen LogP contribution in [0.5, 0.6) is 0 Å². The number of nitrogens with zero attached hydrogens (tertiary/aromatic N) is 1. The van der Waals surface area contributed by atoms with E-state index in [0.717, 1.165) is 137 Å². The molecule has 0 radical (unpaired) electrons. The summed E-state index contributed by atoms with van der Waals surface area (Å²) < 4.78 is 60.1. The predicted octanol–water partition coefficient (Wildman–Crippen LogP) is 13.2. The molecular formula is C81H135N9O16S4.